The van der Waals surface area contributed by atoms with Crippen molar-refractivity contribution in [3.63, 3.8) is 0 Å². The van der Waals surface area contributed by atoms with Crippen LogP contribution in [0.25, 0.3) is 0 Å². The van der Waals surface area contributed by atoms with Gasteiger partial charge in [-0.15, -0.1) is 15.6 Å². The zero-order chi connectivity index (χ0) is 13.9. The second kappa shape index (κ2) is 5.92. The number of amides is 1. The van der Waals surface area contributed by atoms with Gasteiger partial charge in [-0.05, 0) is 30.7 Å². The van der Waals surface area contributed by atoms with Gasteiger partial charge in [0.05, 0.1) is 10.9 Å². The van der Waals surface area contributed by atoms with E-state index in [9.17, 15) is 17.1 Å². The smallest absolute Gasteiger partial charge is 0.324 e. The normalized spacial score (nSPS) is 19.9. The molecule has 0 spiro atoms. The third-order valence-electron chi connectivity index (χ3n) is 2.88. The molecule has 2 rings (SSSR count). The number of carbonyl (C=O) groups excluding carboxylic acids is 1. The summed E-state index contributed by atoms with van der Waals surface area (Å²) < 4.78 is 35.1. The number of anilines is 1. The minimum atomic E-state index is -4.83. The maximum Gasteiger partial charge on any atom is 0.334 e. The Morgan fingerprint density at radius 2 is 2.05 bits per heavy atom. The van der Waals surface area contributed by atoms with E-state index in [1.165, 1.54) is 12.1 Å². The fourth-order valence-electron chi connectivity index (χ4n) is 1.94. The monoisotopic (exact) mass is 303 g/mol. The first-order valence-corrected chi connectivity index (χ1v) is 8.38. The van der Waals surface area contributed by atoms with E-state index in [2.05, 4.69) is 5.32 Å². The molecule has 1 aromatic carbocycles. The molecule has 1 amide bonds. The van der Waals surface area contributed by atoms with E-state index in [4.69, 9.17) is 0 Å². The van der Waals surface area contributed by atoms with Crippen molar-refractivity contribution < 1.29 is 17.1 Å². The molecular formula is C12H14FNO3S2. The molecule has 0 aromatic heterocycles. The van der Waals surface area contributed by atoms with Crippen LogP contribution >= 0.6 is 11.8 Å². The molecule has 1 heterocycles. The Hall–Kier alpha value is -1.08. The number of carbonyl (C=O) groups is 1. The van der Waals surface area contributed by atoms with Crippen molar-refractivity contribution in [2.75, 3.05) is 11.1 Å². The summed E-state index contributed by atoms with van der Waals surface area (Å²) in [6.45, 7) is 0. The average molecular weight is 303 g/mol. The fourth-order valence-corrected chi connectivity index (χ4v) is 3.77. The van der Waals surface area contributed by atoms with Gasteiger partial charge >= 0.3 is 10.2 Å². The van der Waals surface area contributed by atoms with Crippen molar-refractivity contribution in [3.05, 3.63) is 24.3 Å². The number of benzene rings is 1. The molecular weight excluding hydrogens is 289 g/mol. The summed E-state index contributed by atoms with van der Waals surface area (Å²) in [6.07, 6.45) is 2.83. The molecule has 0 saturated carbocycles. The van der Waals surface area contributed by atoms with E-state index in [1.54, 1.807) is 17.8 Å². The highest BCUT2D eigenvalue weighted by Crippen LogP contribution is 2.28. The minimum Gasteiger partial charge on any atom is -0.324 e. The highest BCUT2D eigenvalue weighted by molar-refractivity contribution is 8.00. The lowest BCUT2D eigenvalue weighted by molar-refractivity contribution is -0.115. The molecule has 0 bridgehead atoms. The lowest BCUT2D eigenvalue weighted by atomic mass is 10.2. The van der Waals surface area contributed by atoms with Crippen LogP contribution in [-0.4, -0.2) is 25.3 Å². The van der Waals surface area contributed by atoms with Crippen molar-refractivity contribution >= 4 is 33.6 Å². The lowest BCUT2D eigenvalue weighted by Gasteiger charge is -2.20. The lowest BCUT2D eigenvalue weighted by Crippen LogP contribution is -2.28. The van der Waals surface area contributed by atoms with Crippen LogP contribution in [0.2, 0.25) is 0 Å². The van der Waals surface area contributed by atoms with Crippen LogP contribution in [0.4, 0.5) is 9.57 Å². The van der Waals surface area contributed by atoms with Crippen LogP contribution in [0.15, 0.2) is 29.2 Å². The molecule has 0 aliphatic carbocycles. The molecule has 1 aliphatic rings. The first-order valence-electron chi connectivity index (χ1n) is 5.94. The van der Waals surface area contributed by atoms with E-state index < -0.39 is 15.1 Å². The van der Waals surface area contributed by atoms with Crippen LogP contribution in [0, 0.1) is 0 Å². The van der Waals surface area contributed by atoms with Gasteiger partial charge in [0.1, 0.15) is 4.90 Å². The average Bonchev–Trinajstić information content (AvgIpc) is 2.39. The van der Waals surface area contributed by atoms with Gasteiger partial charge in [0.25, 0.3) is 0 Å². The van der Waals surface area contributed by atoms with Crippen LogP contribution in [0.5, 0.6) is 0 Å². The number of hydrogen-bond donors (Lipinski definition) is 1. The summed E-state index contributed by atoms with van der Waals surface area (Å²) in [5.41, 5.74) is 0.00109. The Labute approximate surface area is 116 Å². The topological polar surface area (TPSA) is 63.2 Å². The standard InChI is InChI=1S/C12H14FNO3S2/c13-19(16,17)11-7-2-1-5-9(11)14-12(15)10-6-3-4-8-18-10/h1-2,5,7,10H,3-4,6,8H2,(H,14,15). The summed E-state index contributed by atoms with van der Waals surface area (Å²) in [4.78, 5) is 11.5. The fraction of sp³-hybridized carbons (Fsp3) is 0.417. The van der Waals surface area contributed by atoms with Gasteiger partial charge < -0.3 is 5.32 Å². The van der Waals surface area contributed by atoms with Crippen LogP contribution in [0.1, 0.15) is 19.3 Å². The zero-order valence-electron chi connectivity index (χ0n) is 10.1. The van der Waals surface area contributed by atoms with Crippen molar-refractivity contribution in [2.24, 2.45) is 0 Å². The van der Waals surface area contributed by atoms with Crippen molar-refractivity contribution in [1.29, 1.82) is 0 Å². The largest absolute Gasteiger partial charge is 0.334 e. The van der Waals surface area contributed by atoms with E-state index in [0.29, 0.717) is 0 Å². The van der Waals surface area contributed by atoms with Gasteiger partial charge in [-0.25, -0.2) is 0 Å². The van der Waals surface area contributed by atoms with E-state index in [-0.39, 0.29) is 16.8 Å². The summed E-state index contributed by atoms with van der Waals surface area (Å²) in [5, 5.41) is 2.32. The van der Waals surface area contributed by atoms with E-state index in [1.807, 2.05) is 0 Å². The highest BCUT2D eigenvalue weighted by Gasteiger charge is 2.24. The number of thioether (sulfide) groups is 1. The van der Waals surface area contributed by atoms with E-state index in [0.717, 1.165) is 31.1 Å². The van der Waals surface area contributed by atoms with Crippen molar-refractivity contribution in [1.82, 2.24) is 0 Å². The van der Waals surface area contributed by atoms with Crippen LogP contribution < -0.4 is 5.32 Å². The predicted octanol–water partition coefficient (Wildman–Crippen LogP) is 2.57. The number of rotatable bonds is 3. The minimum absolute atomic E-state index is 0.00109. The van der Waals surface area contributed by atoms with Crippen molar-refractivity contribution in [3.8, 4) is 0 Å². The Morgan fingerprint density at radius 3 is 2.68 bits per heavy atom. The Morgan fingerprint density at radius 1 is 1.32 bits per heavy atom. The molecule has 1 aliphatic heterocycles. The first kappa shape index (κ1) is 14.3. The van der Waals surface area contributed by atoms with Crippen LogP contribution in [-0.2, 0) is 15.0 Å². The summed E-state index contributed by atoms with van der Waals surface area (Å²) in [6, 6.07) is 5.49. The SMILES string of the molecule is O=C(Nc1ccccc1S(=O)(=O)F)C1CCCCS1. The number of halogens is 1. The summed E-state index contributed by atoms with van der Waals surface area (Å²) >= 11 is 1.55. The summed E-state index contributed by atoms with van der Waals surface area (Å²) in [7, 11) is -4.83. The van der Waals surface area contributed by atoms with Gasteiger partial charge in [-0.2, -0.15) is 8.42 Å². The summed E-state index contributed by atoms with van der Waals surface area (Å²) in [5.74, 6) is 0.655. The molecule has 1 fully saturated rings. The number of para-hydroxylation sites is 1. The molecule has 7 heteroatoms. The molecule has 4 nitrogen and oxygen atoms in total. The highest BCUT2D eigenvalue weighted by atomic mass is 32.3. The molecule has 0 radical (unpaired) electrons. The Balaban J connectivity index is 2.17. The predicted molar refractivity (Wildman–Crippen MR) is 73.5 cm³/mol. The molecule has 1 N–H and O–H groups in total. The molecule has 1 atom stereocenters. The number of nitrogens with one attached hydrogen (secondary N) is 1. The quantitative estimate of drug-likeness (QED) is 0.872. The third-order valence-corrected chi connectivity index (χ3v) is 5.14. The van der Waals surface area contributed by atoms with Crippen LogP contribution in [0.3, 0.4) is 0 Å². The maximum atomic E-state index is 13.1. The van der Waals surface area contributed by atoms with Crippen molar-refractivity contribution in [2.45, 2.75) is 29.4 Å². The maximum absolute atomic E-state index is 13.1. The molecule has 1 saturated heterocycles. The first-order chi connectivity index (χ1) is 8.98. The number of hydrogen-bond acceptors (Lipinski definition) is 4. The molecule has 1 aromatic rings. The van der Waals surface area contributed by atoms with Gasteiger partial charge in [0, 0.05) is 0 Å². The van der Waals surface area contributed by atoms with Gasteiger partial charge in [-0.3, -0.25) is 4.79 Å². The third kappa shape index (κ3) is 3.70. The van der Waals surface area contributed by atoms with Gasteiger partial charge in [0.2, 0.25) is 5.91 Å². The molecule has 1 unspecified atom stereocenters. The zero-order valence-corrected chi connectivity index (χ0v) is 11.8. The molecule has 19 heavy (non-hydrogen) atoms. The molecule has 104 valence electrons. The Kier molecular flexibility index (Phi) is 4.46. The second-order valence-electron chi connectivity index (χ2n) is 4.28. The van der Waals surface area contributed by atoms with E-state index >= 15 is 0 Å². The van der Waals surface area contributed by atoms with Gasteiger partial charge in [0.15, 0.2) is 0 Å². The second-order valence-corrected chi connectivity index (χ2v) is 6.90. The Bertz CT molecular complexity index is 568. The van der Waals surface area contributed by atoms with Gasteiger partial charge in [-0.1, -0.05) is 18.6 Å².